The van der Waals surface area contributed by atoms with Gasteiger partial charge in [-0.1, -0.05) is 49.2 Å². The lowest BCUT2D eigenvalue weighted by Gasteiger charge is -2.59. The Morgan fingerprint density at radius 3 is 2.81 bits per heavy atom. The largest absolute Gasteiger partial charge is 0.497 e. The Morgan fingerprint density at radius 2 is 1.96 bits per heavy atom. The van der Waals surface area contributed by atoms with E-state index in [0.717, 1.165) is 17.7 Å². The van der Waals surface area contributed by atoms with Gasteiger partial charge in [0.25, 0.3) is 0 Å². The molecule has 2 bridgehead atoms. The summed E-state index contributed by atoms with van der Waals surface area (Å²) in [4.78, 5) is 2.83. The Labute approximate surface area is 163 Å². The summed E-state index contributed by atoms with van der Waals surface area (Å²) >= 11 is 0. The lowest BCUT2D eigenvalue weighted by molar-refractivity contribution is -0.0106. The number of methoxy groups -OCH3 is 1. The molecule has 0 N–H and O–H groups in total. The quantitative estimate of drug-likeness (QED) is 0.760. The van der Waals surface area contributed by atoms with Crippen molar-refractivity contribution in [2.45, 2.75) is 56.4 Å². The first-order chi connectivity index (χ1) is 13.3. The highest BCUT2D eigenvalue weighted by molar-refractivity contribution is 5.45. The highest BCUT2D eigenvalue weighted by atomic mass is 16.5. The maximum atomic E-state index is 5.59. The van der Waals surface area contributed by atoms with E-state index in [1.807, 2.05) is 0 Å². The Morgan fingerprint density at radius 1 is 1.07 bits per heavy atom. The van der Waals surface area contributed by atoms with Gasteiger partial charge in [0.15, 0.2) is 0 Å². The number of rotatable bonds is 4. The highest BCUT2D eigenvalue weighted by Crippen LogP contribution is 2.56. The molecule has 0 unspecified atom stereocenters. The summed E-state index contributed by atoms with van der Waals surface area (Å²) in [5.41, 5.74) is 5.10. The van der Waals surface area contributed by atoms with Crippen LogP contribution in [0.4, 0.5) is 0 Å². The van der Waals surface area contributed by atoms with Crippen LogP contribution in [0, 0.1) is 5.92 Å². The molecule has 1 saturated carbocycles. The number of nitrogens with zero attached hydrogens (tertiary/aromatic N) is 1. The summed E-state index contributed by atoms with van der Waals surface area (Å²) in [6.07, 6.45) is 9.30. The van der Waals surface area contributed by atoms with Crippen LogP contribution in [0.15, 0.2) is 48.5 Å². The van der Waals surface area contributed by atoms with Crippen molar-refractivity contribution in [2.24, 2.45) is 5.92 Å². The number of benzene rings is 2. The molecule has 2 fully saturated rings. The molecule has 0 spiro atoms. The number of hydrogen-bond acceptors (Lipinski definition) is 2. The maximum absolute atomic E-state index is 5.59. The Bertz CT molecular complexity index is 801. The van der Waals surface area contributed by atoms with Gasteiger partial charge in [-0.25, -0.2) is 0 Å². The second kappa shape index (κ2) is 6.98. The molecule has 2 aromatic rings. The van der Waals surface area contributed by atoms with Gasteiger partial charge in [-0.3, -0.25) is 4.90 Å². The van der Waals surface area contributed by atoms with Crippen molar-refractivity contribution in [2.75, 3.05) is 20.2 Å². The van der Waals surface area contributed by atoms with Crippen molar-refractivity contribution in [3.05, 3.63) is 65.2 Å². The van der Waals surface area contributed by atoms with Gasteiger partial charge in [-0.15, -0.1) is 0 Å². The third-order valence-corrected chi connectivity index (χ3v) is 7.69. The summed E-state index contributed by atoms with van der Waals surface area (Å²) in [5, 5.41) is 0. The number of piperidine rings is 1. The molecule has 0 aromatic heterocycles. The monoisotopic (exact) mass is 361 g/mol. The molecule has 5 rings (SSSR count). The minimum Gasteiger partial charge on any atom is -0.497 e. The molecular formula is C25H31NO. The molecule has 0 radical (unpaired) electrons. The van der Waals surface area contributed by atoms with Crippen LogP contribution in [0.2, 0.25) is 0 Å². The van der Waals surface area contributed by atoms with Crippen LogP contribution in [0.3, 0.4) is 0 Å². The van der Waals surface area contributed by atoms with Gasteiger partial charge in [-0.05, 0) is 73.4 Å². The molecule has 1 heterocycles. The van der Waals surface area contributed by atoms with Gasteiger partial charge < -0.3 is 4.74 Å². The first-order valence-electron chi connectivity index (χ1n) is 10.8. The lowest BCUT2D eigenvalue weighted by Crippen LogP contribution is -2.61. The van der Waals surface area contributed by atoms with Gasteiger partial charge >= 0.3 is 0 Å². The summed E-state index contributed by atoms with van der Waals surface area (Å²) in [6.45, 7) is 2.46. The first kappa shape index (κ1) is 17.3. The topological polar surface area (TPSA) is 12.5 Å². The average Bonchev–Trinajstić information content (AvgIpc) is 2.73. The molecule has 27 heavy (non-hydrogen) atoms. The standard InChI is InChI=1S/C25H31NO/c1-27-21-11-10-20-17-24-22-9-5-6-13-25(22,23(20)18-21)14-16-26(24)15-12-19-7-3-2-4-8-19/h2-4,7-8,10-11,18,22,24H,5-6,9,12-17H2,1H3/t22-,24+,25-/m1/s1. The summed E-state index contributed by atoms with van der Waals surface area (Å²) in [7, 11) is 1.80. The fourth-order valence-electron chi connectivity index (χ4n) is 6.39. The molecule has 2 aliphatic carbocycles. The smallest absolute Gasteiger partial charge is 0.119 e. The van der Waals surface area contributed by atoms with E-state index in [-0.39, 0.29) is 0 Å². The Hall–Kier alpha value is -1.80. The van der Waals surface area contributed by atoms with E-state index < -0.39 is 0 Å². The molecule has 1 saturated heterocycles. The SMILES string of the molecule is COc1ccc2c(c1)[C@@]13CCCC[C@@H]1[C@H](C2)N(CCc1ccccc1)CC3. The van der Waals surface area contributed by atoms with Gasteiger partial charge in [0, 0.05) is 18.0 Å². The van der Waals surface area contributed by atoms with Crippen LogP contribution in [0.1, 0.15) is 48.8 Å². The number of fused-ring (bicyclic) bond motifs is 1. The maximum Gasteiger partial charge on any atom is 0.119 e. The van der Waals surface area contributed by atoms with Crippen molar-refractivity contribution >= 4 is 0 Å². The zero-order chi connectivity index (χ0) is 18.3. The van der Waals surface area contributed by atoms with Gasteiger partial charge in [0.05, 0.1) is 7.11 Å². The third kappa shape index (κ3) is 2.89. The van der Waals surface area contributed by atoms with E-state index in [1.54, 1.807) is 18.2 Å². The van der Waals surface area contributed by atoms with Crippen molar-refractivity contribution in [1.29, 1.82) is 0 Å². The minimum atomic E-state index is 0.411. The predicted molar refractivity (Wildman–Crippen MR) is 110 cm³/mol. The fourth-order valence-corrected chi connectivity index (χ4v) is 6.39. The van der Waals surface area contributed by atoms with E-state index >= 15 is 0 Å². The molecule has 2 aromatic carbocycles. The second-order valence-electron chi connectivity index (χ2n) is 8.82. The molecule has 1 aliphatic heterocycles. The molecule has 2 nitrogen and oxygen atoms in total. The normalized spacial score (nSPS) is 29.7. The zero-order valence-electron chi connectivity index (χ0n) is 16.5. The van der Waals surface area contributed by atoms with Crippen molar-refractivity contribution in [1.82, 2.24) is 4.90 Å². The fraction of sp³-hybridized carbons (Fsp3) is 0.520. The Balaban J connectivity index is 1.45. The molecule has 142 valence electrons. The summed E-state index contributed by atoms with van der Waals surface area (Å²) in [6, 6.07) is 18.6. The van der Waals surface area contributed by atoms with Crippen LogP contribution in [0.25, 0.3) is 0 Å². The van der Waals surface area contributed by atoms with Crippen LogP contribution < -0.4 is 4.74 Å². The molecule has 0 amide bonds. The lowest BCUT2D eigenvalue weighted by atomic mass is 9.52. The minimum absolute atomic E-state index is 0.411. The van der Waals surface area contributed by atoms with Gasteiger partial charge in [-0.2, -0.15) is 0 Å². The van der Waals surface area contributed by atoms with E-state index in [1.165, 1.54) is 63.6 Å². The Kier molecular flexibility index (Phi) is 4.47. The molecule has 2 heteroatoms. The average molecular weight is 362 g/mol. The number of hydrogen-bond donors (Lipinski definition) is 0. The third-order valence-electron chi connectivity index (χ3n) is 7.69. The highest BCUT2D eigenvalue weighted by Gasteiger charge is 2.53. The van der Waals surface area contributed by atoms with Crippen molar-refractivity contribution in [3.8, 4) is 5.75 Å². The van der Waals surface area contributed by atoms with Crippen LogP contribution >= 0.6 is 0 Å². The van der Waals surface area contributed by atoms with E-state index in [4.69, 9.17) is 4.74 Å². The van der Waals surface area contributed by atoms with Crippen LogP contribution in [-0.4, -0.2) is 31.1 Å². The van der Waals surface area contributed by atoms with E-state index in [0.29, 0.717) is 5.41 Å². The van der Waals surface area contributed by atoms with E-state index in [9.17, 15) is 0 Å². The zero-order valence-corrected chi connectivity index (χ0v) is 16.5. The summed E-state index contributed by atoms with van der Waals surface area (Å²) in [5.74, 6) is 1.87. The first-order valence-corrected chi connectivity index (χ1v) is 10.8. The number of likely N-dealkylation sites (tertiary alicyclic amines) is 1. The summed E-state index contributed by atoms with van der Waals surface area (Å²) < 4.78 is 5.59. The van der Waals surface area contributed by atoms with Crippen LogP contribution in [-0.2, 0) is 18.3 Å². The van der Waals surface area contributed by atoms with Crippen molar-refractivity contribution < 1.29 is 4.74 Å². The molecular weight excluding hydrogens is 330 g/mol. The predicted octanol–water partition coefficient (Wildman–Crippen LogP) is 5.00. The molecule has 3 aliphatic rings. The second-order valence-corrected chi connectivity index (χ2v) is 8.82. The van der Waals surface area contributed by atoms with Crippen LogP contribution in [0.5, 0.6) is 5.75 Å². The molecule has 3 atom stereocenters. The van der Waals surface area contributed by atoms with Crippen molar-refractivity contribution in [3.63, 3.8) is 0 Å². The number of ether oxygens (including phenoxy) is 1. The van der Waals surface area contributed by atoms with Gasteiger partial charge in [0.2, 0.25) is 0 Å². The van der Waals surface area contributed by atoms with E-state index in [2.05, 4.69) is 53.4 Å². The van der Waals surface area contributed by atoms with Gasteiger partial charge in [0.1, 0.15) is 5.75 Å².